The molecule has 0 saturated carbocycles. The molecule has 1 aromatic rings. The predicted octanol–water partition coefficient (Wildman–Crippen LogP) is 3.00. The van der Waals surface area contributed by atoms with Gasteiger partial charge in [0.2, 0.25) is 5.91 Å². The topological polar surface area (TPSA) is 126 Å². The van der Waals surface area contributed by atoms with Crippen molar-refractivity contribution in [1.82, 2.24) is 15.1 Å². The second kappa shape index (κ2) is 13.7. The van der Waals surface area contributed by atoms with Crippen molar-refractivity contribution in [3.8, 4) is 6.07 Å². The number of ether oxygens (including phenoxy) is 1. The minimum absolute atomic E-state index is 0.0992. The molecular formula is C28H41BF2N4O5. The molecular weight excluding hydrogens is 521 g/mol. The van der Waals surface area contributed by atoms with Crippen molar-refractivity contribution in [3.63, 3.8) is 0 Å². The largest absolute Gasteiger partial charge is 0.475 e. The maximum atomic E-state index is 13.8. The first-order chi connectivity index (χ1) is 18.8. The Morgan fingerprint density at radius 1 is 1.25 bits per heavy atom. The van der Waals surface area contributed by atoms with Crippen LogP contribution >= 0.6 is 0 Å². The molecule has 3 rings (SSSR count). The summed E-state index contributed by atoms with van der Waals surface area (Å²) in [6.07, 6.45) is 1.74. The van der Waals surface area contributed by atoms with Crippen LogP contribution in [0, 0.1) is 23.2 Å². The number of hydrogen-bond donors (Lipinski definition) is 3. The van der Waals surface area contributed by atoms with E-state index in [1.165, 1.54) is 0 Å². The van der Waals surface area contributed by atoms with Crippen LogP contribution in [0.15, 0.2) is 30.3 Å². The van der Waals surface area contributed by atoms with Crippen LogP contribution in [0.3, 0.4) is 0 Å². The third-order valence-electron chi connectivity index (χ3n) is 8.10. The zero-order valence-corrected chi connectivity index (χ0v) is 23.6. The van der Waals surface area contributed by atoms with Crippen molar-refractivity contribution in [2.24, 2.45) is 11.8 Å². The van der Waals surface area contributed by atoms with Gasteiger partial charge in [0, 0.05) is 25.0 Å². The summed E-state index contributed by atoms with van der Waals surface area (Å²) >= 11 is 0. The van der Waals surface area contributed by atoms with Crippen LogP contribution in [0.2, 0.25) is 0 Å². The second-order valence-electron chi connectivity index (χ2n) is 11.8. The second-order valence-corrected chi connectivity index (χ2v) is 11.8. The number of halogens is 2. The molecule has 0 aromatic heterocycles. The number of benzene rings is 1. The molecule has 9 nitrogen and oxygen atoms in total. The number of nitrogens with zero attached hydrogens (tertiary/aromatic N) is 3. The Morgan fingerprint density at radius 2 is 1.95 bits per heavy atom. The highest BCUT2D eigenvalue weighted by atomic mass is 19.3. The highest BCUT2D eigenvalue weighted by molar-refractivity contribution is 6.43. The number of piperidine rings is 1. The Labute approximate surface area is 235 Å². The molecule has 0 spiro atoms. The van der Waals surface area contributed by atoms with Crippen molar-refractivity contribution in [1.29, 1.82) is 5.26 Å². The van der Waals surface area contributed by atoms with Gasteiger partial charge in [-0.05, 0) is 57.4 Å². The average molecular weight is 562 g/mol. The van der Waals surface area contributed by atoms with E-state index in [1.807, 2.05) is 44.2 Å². The number of alkyl carbamates (subject to hydrolysis) is 1. The molecule has 0 bridgehead atoms. The van der Waals surface area contributed by atoms with E-state index in [1.54, 1.807) is 16.7 Å². The van der Waals surface area contributed by atoms with Gasteiger partial charge in [0.05, 0.1) is 24.6 Å². The van der Waals surface area contributed by atoms with E-state index in [4.69, 9.17) is 4.74 Å². The van der Waals surface area contributed by atoms with Crippen molar-refractivity contribution in [2.45, 2.75) is 82.7 Å². The van der Waals surface area contributed by atoms with E-state index in [0.717, 1.165) is 18.4 Å². The lowest BCUT2D eigenvalue weighted by Crippen LogP contribution is -2.52. The molecule has 2 aliphatic heterocycles. The number of likely N-dealkylation sites (tertiary alicyclic amines) is 2. The fourth-order valence-electron chi connectivity index (χ4n) is 5.82. The Bertz CT molecular complexity index is 1040. The van der Waals surface area contributed by atoms with E-state index >= 15 is 0 Å². The van der Waals surface area contributed by atoms with Crippen LogP contribution in [0.25, 0.3) is 0 Å². The highest BCUT2D eigenvalue weighted by Crippen LogP contribution is 2.36. The standard InChI is InChI=1S/C28H41BF2N4O5/c1-20(16-27(2,3)34-14-12-28(30,31)19-34)23(17-32)25(36)35-13-8-7-11-22(35)18-40-26(37)33-24(29(38)39)15-21-9-5-4-6-10-21/h4-6,9-10,20,22-24,38-39H,7-8,11-16,18-19H2,1-3H3,(H,33,37)/t20?,22-,23?,24+/m1/s1. The molecule has 4 atom stereocenters. The Morgan fingerprint density at radius 3 is 2.55 bits per heavy atom. The number of carbonyl (C=O) groups is 2. The Kier molecular flexibility index (Phi) is 10.9. The zero-order valence-electron chi connectivity index (χ0n) is 23.6. The van der Waals surface area contributed by atoms with Crippen molar-refractivity contribution < 1.29 is 33.2 Å². The van der Waals surface area contributed by atoms with Gasteiger partial charge in [-0.3, -0.25) is 9.69 Å². The third-order valence-corrected chi connectivity index (χ3v) is 8.10. The Balaban J connectivity index is 1.58. The number of rotatable bonds is 11. The Hall–Kier alpha value is -2.75. The van der Waals surface area contributed by atoms with Crippen molar-refractivity contribution in [2.75, 3.05) is 26.2 Å². The molecule has 220 valence electrons. The number of carbonyl (C=O) groups excluding carboxylic acids is 2. The molecule has 0 radical (unpaired) electrons. The summed E-state index contributed by atoms with van der Waals surface area (Å²) in [6.45, 7) is 5.81. The average Bonchev–Trinajstić information content (AvgIpc) is 3.28. The first kappa shape index (κ1) is 31.8. The van der Waals surface area contributed by atoms with E-state index in [9.17, 15) is 33.7 Å². The molecule has 12 heteroatoms. The monoisotopic (exact) mass is 562 g/mol. The lowest BCUT2D eigenvalue weighted by molar-refractivity contribution is -0.140. The number of nitriles is 1. The highest BCUT2D eigenvalue weighted by Gasteiger charge is 2.45. The third kappa shape index (κ3) is 8.63. The van der Waals surface area contributed by atoms with Gasteiger partial charge in [-0.15, -0.1) is 0 Å². The van der Waals surface area contributed by atoms with Gasteiger partial charge < -0.3 is 25.0 Å². The molecule has 2 saturated heterocycles. The van der Waals surface area contributed by atoms with Gasteiger partial charge in [-0.2, -0.15) is 5.26 Å². The summed E-state index contributed by atoms with van der Waals surface area (Å²) in [7, 11) is -1.80. The predicted molar refractivity (Wildman–Crippen MR) is 146 cm³/mol. The van der Waals surface area contributed by atoms with E-state index in [2.05, 4.69) is 11.4 Å². The molecule has 0 aliphatic carbocycles. The normalized spacial score (nSPS) is 21.6. The molecule has 40 heavy (non-hydrogen) atoms. The minimum atomic E-state index is -2.73. The fraction of sp³-hybridized carbons (Fsp3) is 0.679. The maximum Gasteiger partial charge on any atom is 0.475 e. The smallest absolute Gasteiger partial charge is 0.447 e. The summed E-state index contributed by atoms with van der Waals surface area (Å²) in [5.74, 6) is -5.40. The maximum absolute atomic E-state index is 13.8. The van der Waals surface area contributed by atoms with E-state index in [0.29, 0.717) is 19.4 Å². The SMILES string of the molecule is CC(CC(C)(C)N1CCC(F)(F)C1)C(C#N)C(=O)N1CCCC[C@@H]1COC(=O)N[C@@H](Cc1ccccc1)B(O)O. The molecule has 2 amide bonds. The molecule has 1 aromatic carbocycles. The summed E-state index contributed by atoms with van der Waals surface area (Å²) in [4.78, 5) is 29.4. The molecule has 2 fully saturated rings. The molecule has 2 heterocycles. The van der Waals surface area contributed by atoms with Gasteiger partial charge in [0.25, 0.3) is 5.92 Å². The van der Waals surface area contributed by atoms with Gasteiger partial charge in [0.15, 0.2) is 0 Å². The zero-order chi connectivity index (χ0) is 29.5. The first-order valence-corrected chi connectivity index (χ1v) is 14.0. The number of hydrogen-bond acceptors (Lipinski definition) is 7. The van der Waals surface area contributed by atoms with Crippen molar-refractivity contribution >= 4 is 19.1 Å². The summed E-state index contributed by atoms with van der Waals surface area (Å²) in [5.41, 5.74) is 0.202. The van der Waals surface area contributed by atoms with E-state index < -0.39 is 42.6 Å². The fourth-order valence-corrected chi connectivity index (χ4v) is 5.82. The summed E-state index contributed by atoms with van der Waals surface area (Å²) in [5, 5.41) is 31.9. The lowest BCUT2D eigenvalue weighted by atomic mass is 9.76. The van der Waals surface area contributed by atoms with Gasteiger partial charge in [-0.25, -0.2) is 13.6 Å². The summed E-state index contributed by atoms with van der Waals surface area (Å²) < 4.78 is 33.0. The molecule has 3 N–H and O–H groups in total. The number of nitrogens with one attached hydrogen (secondary N) is 1. The van der Waals surface area contributed by atoms with E-state index in [-0.39, 0.29) is 44.4 Å². The quantitative estimate of drug-likeness (QED) is 0.354. The van der Waals surface area contributed by atoms with Gasteiger partial charge in [0.1, 0.15) is 12.5 Å². The minimum Gasteiger partial charge on any atom is -0.447 e. The van der Waals surface area contributed by atoms with Crippen LogP contribution in [0.1, 0.15) is 58.4 Å². The van der Waals surface area contributed by atoms with Crippen LogP contribution in [-0.4, -0.2) is 88.7 Å². The molecule has 2 unspecified atom stereocenters. The van der Waals surface area contributed by atoms with Gasteiger partial charge >= 0.3 is 13.2 Å². The first-order valence-electron chi connectivity index (χ1n) is 14.0. The summed E-state index contributed by atoms with van der Waals surface area (Å²) in [6, 6.07) is 10.8. The molecule has 2 aliphatic rings. The van der Waals surface area contributed by atoms with Crippen LogP contribution in [0.5, 0.6) is 0 Å². The van der Waals surface area contributed by atoms with Crippen LogP contribution in [-0.2, 0) is 16.0 Å². The number of alkyl halides is 2. The van der Waals surface area contributed by atoms with Gasteiger partial charge in [-0.1, -0.05) is 37.3 Å². The van der Waals surface area contributed by atoms with Crippen LogP contribution in [0.4, 0.5) is 13.6 Å². The lowest BCUT2D eigenvalue weighted by Gasteiger charge is -2.40. The number of amides is 2. The van der Waals surface area contributed by atoms with Crippen LogP contribution < -0.4 is 5.32 Å². The van der Waals surface area contributed by atoms with Crippen molar-refractivity contribution in [3.05, 3.63) is 35.9 Å².